The lowest BCUT2D eigenvalue weighted by Gasteiger charge is -2.10. The van der Waals surface area contributed by atoms with Gasteiger partial charge in [0.05, 0.1) is 33.5 Å². The summed E-state index contributed by atoms with van der Waals surface area (Å²) in [4.78, 5) is 40.0. The van der Waals surface area contributed by atoms with Crippen molar-refractivity contribution in [2.75, 3.05) is 17.2 Å². The molecule has 40 heavy (non-hydrogen) atoms. The molecule has 0 radical (unpaired) electrons. The molecule has 0 aliphatic rings. The second-order valence-electron chi connectivity index (χ2n) is 9.03. The number of nitrogens with one attached hydrogen (secondary N) is 2. The highest BCUT2D eigenvalue weighted by Gasteiger charge is 2.18. The number of imidazole rings is 1. The van der Waals surface area contributed by atoms with Crippen molar-refractivity contribution in [3.05, 3.63) is 114 Å². The number of carbonyl (C=O) groups is 2. The van der Waals surface area contributed by atoms with Crippen molar-refractivity contribution >= 4 is 45.7 Å². The molecule has 0 aliphatic heterocycles. The zero-order valence-electron chi connectivity index (χ0n) is 21.3. The van der Waals surface area contributed by atoms with Crippen LogP contribution in [0, 0.1) is 0 Å². The Labute approximate surface area is 233 Å². The molecular weight excluding hydrogens is 524 g/mol. The van der Waals surface area contributed by atoms with Crippen LogP contribution in [0.2, 0.25) is 0 Å². The van der Waals surface area contributed by atoms with Crippen LogP contribution in [0.15, 0.2) is 102 Å². The van der Waals surface area contributed by atoms with Crippen molar-refractivity contribution in [1.29, 1.82) is 0 Å². The highest BCUT2D eigenvalue weighted by Crippen LogP contribution is 2.29. The number of aryl methyl sites for hydroxylation is 2. The van der Waals surface area contributed by atoms with E-state index >= 15 is 0 Å². The monoisotopic (exact) mass is 548 g/mol. The number of thiophene rings is 1. The predicted molar refractivity (Wildman–Crippen MR) is 155 cm³/mol. The van der Waals surface area contributed by atoms with E-state index in [-0.39, 0.29) is 18.2 Å². The lowest BCUT2D eigenvalue weighted by atomic mass is 10.1. The number of nitrogens with zero attached hydrogens (tertiary/aromatic N) is 4. The van der Waals surface area contributed by atoms with E-state index in [0.717, 1.165) is 21.6 Å². The van der Waals surface area contributed by atoms with Gasteiger partial charge < -0.3 is 14.3 Å². The van der Waals surface area contributed by atoms with E-state index in [2.05, 4.69) is 20.6 Å². The number of pyridine rings is 1. The fourth-order valence-corrected chi connectivity index (χ4v) is 5.20. The van der Waals surface area contributed by atoms with Crippen LogP contribution >= 0.6 is 11.3 Å². The zero-order chi connectivity index (χ0) is 27.3. The fourth-order valence-electron chi connectivity index (χ4n) is 4.35. The van der Waals surface area contributed by atoms with Gasteiger partial charge in [0.25, 0.3) is 5.91 Å². The first-order valence-corrected chi connectivity index (χ1v) is 13.5. The Bertz CT molecular complexity index is 1760. The minimum absolute atomic E-state index is 0.00343. The first-order valence-electron chi connectivity index (χ1n) is 12.7. The summed E-state index contributed by atoms with van der Waals surface area (Å²) in [7, 11) is 0. The van der Waals surface area contributed by atoms with Gasteiger partial charge >= 0.3 is 0 Å². The Balaban J connectivity index is 1.25. The van der Waals surface area contributed by atoms with Gasteiger partial charge in [-0.05, 0) is 48.4 Å². The van der Waals surface area contributed by atoms with Crippen molar-refractivity contribution in [3.8, 4) is 10.6 Å². The number of rotatable bonds is 10. The van der Waals surface area contributed by atoms with Gasteiger partial charge in [0.1, 0.15) is 0 Å². The van der Waals surface area contributed by atoms with Crippen molar-refractivity contribution in [2.24, 2.45) is 0 Å². The van der Waals surface area contributed by atoms with Crippen LogP contribution in [-0.2, 0) is 13.0 Å². The molecule has 4 aromatic heterocycles. The summed E-state index contributed by atoms with van der Waals surface area (Å²) in [6.45, 7) is 0.748. The molecule has 2 N–H and O–H groups in total. The molecule has 0 spiro atoms. The molecule has 0 bridgehead atoms. The maximum atomic E-state index is 13.2. The van der Waals surface area contributed by atoms with E-state index < -0.39 is 0 Å². The lowest BCUT2D eigenvalue weighted by Crippen LogP contribution is -2.15. The normalized spacial score (nSPS) is 11.0. The zero-order valence-corrected chi connectivity index (χ0v) is 22.1. The summed E-state index contributed by atoms with van der Waals surface area (Å²) < 4.78 is 7.34. The number of anilines is 2. The Kier molecular flexibility index (Phi) is 7.14. The van der Waals surface area contributed by atoms with Gasteiger partial charge in [0, 0.05) is 30.2 Å². The number of carbonyl (C=O) groups excluding carboxylic acids is 2. The van der Waals surface area contributed by atoms with Gasteiger partial charge in [-0.15, -0.1) is 11.3 Å². The van der Waals surface area contributed by atoms with Crippen molar-refractivity contribution in [3.63, 3.8) is 0 Å². The quantitative estimate of drug-likeness (QED) is 0.204. The molecule has 9 nitrogen and oxygen atoms in total. The molecule has 0 atom stereocenters. The first kappa shape index (κ1) is 25.2. The van der Waals surface area contributed by atoms with Crippen LogP contribution in [0.4, 0.5) is 11.6 Å². The molecule has 0 aliphatic carbocycles. The maximum Gasteiger partial charge on any atom is 0.268 e. The SMILES string of the molecule is O=C(CNc1ccc2c(c1)nc(NC(=O)c1ccc(-c3cnco3)s1)n2CCc1cccnc1)c1ccccc1. The fraction of sp³-hybridized carbons (Fsp3) is 0.100. The van der Waals surface area contributed by atoms with Gasteiger partial charge in [-0.25, -0.2) is 9.97 Å². The number of Topliss-reactive ketones (excluding diaryl/α,β-unsaturated/α-hetero) is 1. The highest BCUT2D eigenvalue weighted by molar-refractivity contribution is 7.17. The van der Waals surface area contributed by atoms with E-state index in [1.54, 1.807) is 30.6 Å². The molecular formula is C30H24N6O3S. The van der Waals surface area contributed by atoms with Crippen molar-refractivity contribution < 1.29 is 14.0 Å². The number of aromatic nitrogens is 4. The Morgan fingerprint density at radius 1 is 0.950 bits per heavy atom. The summed E-state index contributed by atoms with van der Waals surface area (Å²) in [5, 5.41) is 6.19. The van der Waals surface area contributed by atoms with Crippen molar-refractivity contribution in [1.82, 2.24) is 19.5 Å². The maximum absolute atomic E-state index is 13.2. The largest absolute Gasteiger partial charge is 0.443 e. The first-order chi connectivity index (χ1) is 19.6. The summed E-state index contributed by atoms with van der Waals surface area (Å²) in [5.74, 6) is 0.784. The molecule has 0 fully saturated rings. The third kappa shape index (κ3) is 5.52. The molecule has 4 heterocycles. The minimum atomic E-state index is -0.263. The number of ketones is 1. The second-order valence-corrected chi connectivity index (χ2v) is 10.1. The van der Waals surface area contributed by atoms with Crippen LogP contribution in [0.5, 0.6) is 0 Å². The standard InChI is InChI=1S/C30H24N6O3S/c37-25(21-6-2-1-3-7-21)17-33-22-8-9-24-23(15-22)34-30(36(24)14-12-20-5-4-13-31-16-20)35-29(38)28-11-10-27(40-28)26-18-32-19-39-26/h1-11,13,15-16,18-19,33H,12,14,17H2,(H,34,35,38). The highest BCUT2D eigenvalue weighted by atomic mass is 32.1. The third-order valence-electron chi connectivity index (χ3n) is 6.37. The molecule has 0 saturated carbocycles. The number of benzene rings is 2. The number of hydrogen-bond donors (Lipinski definition) is 2. The molecule has 6 rings (SSSR count). The van der Waals surface area contributed by atoms with E-state index in [4.69, 9.17) is 9.40 Å². The smallest absolute Gasteiger partial charge is 0.268 e. The average molecular weight is 549 g/mol. The second kappa shape index (κ2) is 11.3. The van der Waals surface area contributed by atoms with Crippen LogP contribution < -0.4 is 10.6 Å². The van der Waals surface area contributed by atoms with Crippen LogP contribution in [0.1, 0.15) is 25.6 Å². The summed E-state index contributed by atoms with van der Waals surface area (Å²) in [6, 6.07) is 22.4. The summed E-state index contributed by atoms with van der Waals surface area (Å²) in [5.41, 5.74) is 4.07. The van der Waals surface area contributed by atoms with Crippen LogP contribution in [0.25, 0.3) is 21.7 Å². The minimum Gasteiger partial charge on any atom is -0.443 e. The molecule has 2 aromatic carbocycles. The van der Waals surface area contributed by atoms with E-state index in [1.165, 1.54) is 17.7 Å². The van der Waals surface area contributed by atoms with Gasteiger partial charge in [-0.1, -0.05) is 36.4 Å². The van der Waals surface area contributed by atoms with Crippen molar-refractivity contribution in [2.45, 2.75) is 13.0 Å². The van der Waals surface area contributed by atoms with Gasteiger partial charge in [-0.3, -0.25) is 19.9 Å². The van der Waals surface area contributed by atoms with E-state index in [0.29, 0.717) is 40.6 Å². The third-order valence-corrected chi connectivity index (χ3v) is 7.47. The average Bonchev–Trinajstić information content (AvgIpc) is 3.76. The number of hydrogen-bond acceptors (Lipinski definition) is 8. The number of amides is 1. The Morgan fingerprint density at radius 2 is 1.85 bits per heavy atom. The molecule has 198 valence electrons. The lowest BCUT2D eigenvalue weighted by molar-refractivity contribution is 0.100. The molecule has 6 aromatic rings. The molecule has 1 amide bonds. The van der Waals surface area contributed by atoms with E-state index in [1.807, 2.05) is 65.4 Å². The van der Waals surface area contributed by atoms with Gasteiger partial charge in [0.2, 0.25) is 5.95 Å². The molecule has 0 unspecified atom stereocenters. The summed E-state index contributed by atoms with van der Waals surface area (Å²) >= 11 is 1.32. The van der Waals surface area contributed by atoms with E-state index in [9.17, 15) is 9.59 Å². The van der Waals surface area contributed by atoms with Gasteiger partial charge in [-0.2, -0.15) is 0 Å². The molecule has 0 saturated heterocycles. The Morgan fingerprint density at radius 3 is 2.65 bits per heavy atom. The Hall–Kier alpha value is -5.09. The number of oxazole rings is 1. The van der Waals surface area contributed by atoms with Gasteiger partial charge in [0.15, 0.2) is 17.9 Å². The van der Waals surface area contributed by atoms with Crippen LogP contribution in [-0.4, -0.2) is 37.8 Å². The molecule has 10 heteroatoms. The van der Waals surface area contributed by atoms with Crippen LogP contribution in [0.3, 0.4) is 0 Å². The number of fused-ring (bicyclic) bond motifs is 1. The topological polar surface area (TPSA) is 115 Å². The predicted octanol–water partition coefficient (Wildman–Crippen LogP) is 5.94. The summed E-state index contributed by atoms with van der Waals surface area (Å²) in [6.07, 6.45) is 7.26.